The van der Waals surface area contributed by atoms with E-state index < -0.39 is 4.92 Å². The van der Waals surface area contributed by atoms with Crippen LogP contribution in [0, 0.1) is 10.1 Å². The molecule has 1 aliphatic heterocycles. The molecule has 3 aromatic rings. The zero-order valence-electron chi connectivity index (χ0n) is 17.9. The lowest BCUT2D eigenvalue weighted by Gasteiger charge is -2.36. The summed E-state index contributed by atoms with van der Waals surface area (Å²) in [5.74, 6) is 0.477. The van der Waals surface area contributed by atoms with Gasteiger partial charge in [-0.2, -0.15) is 0 Å². The third kappa shape index (κ3) is 5.01. The van der Waals surface area contributed by atoms with Gasteiger partial charge in [0.15, 0.2) is 11.5 Å². The highest BCUT2D eigenvalue weighted by molar-refractivity contribution is 6.30. The van der Waals surface area contributed by atoms with Gasteiger partial charge in [0.25, 0.3) is 5.91 Å². The molecule has 0 radical (unpaired) electrons. The number of nitro groups is 1. The Morgan fingerprint density at radius 2 is 1.64 bits per heavy atom. The Bertz CT molecular complexity index is 1160. The number of amides is 1. The van der Waals surface area contributed by atoms with Crippen molar-refractivity contribution in [1.82, 2.24) is 4.90 Å². The minimum absolute atomic E-state index is 0.0267. The smallest absolute Gasteiger partial charge is 0.313 e. The third-order valence-corrected chi connectivity index (χ3v) is 5.67. The average molecular weight is 468 g/mol. The van der Waals surface area contributed by atoms with Gasteiger partial charge in [-0.1, -0.05) is 29.8 Å². The summed E-state index contributed by atoms with van der Waals surface area (Å²) in [7, 11) is 1.45. The van der Waals surface area contributed by atoms with Crippen molar-refractivity contribution in [3.63, 3.8) is 0 Å². The second kappa shape index (κ2) is 9.79. The summed E-state index contributed by atoms with van der Waals surface area (Å²) in [6, 6.07) is 19.0. The molecule has 1 saturated heterocycles. The maximum atomic E-state index is 13.1. The number of rotatable bonds is 6. The number of carbonyl (C=O) groups is 1. The molecule has 1 heterocycles. The van der Waals surface area contributed by atoms with Gasteiger partial charge < -0.3 is 19.3 Å². The first kappa shape index (κ1) is 22.4. The molecule has 1 fully saturated rings. The fourth-order valence-electron chi connectivity index (χ4n) is 3.71. The number of hydrogen-bond donors (Lipinski definition) is 0. The van der Waals surface area contributed by atoms with E-state index in [0.717, 1.165) is 18.8 Å². The Morgan fingerprint density at radius 1 is 0.939 bits per heavy atom. The molecular formula is C24H22ClN3O5. The van der Waals surface area contributed by atoms with E-state index in [9.17, 15) is 14.9 Å². The summed E-state index contributed by atoms with van der Waals surface area (Å²) in [5, 5.41) is 11.6. The summed E-state index contributed by atoms with van der Waals surface area (Å²) in [4.78, 5) is 27.9. The Labute approximate surface area is 196 Å². The van der Waals surface area contributed by atoms with Gasteiger partial charge in [-0.25, -0.2) is 0 Å². The first-order chi connectivity index (χ1) is 16.0. The Kier molecular flexibility index (Phi) is 6.65. The van der Waals surface area contributed by atoms with Gasteiger partial charge in [-0.3, -0.25) is 14.9 Å². The maximum Gasteiger partial charge on any atom is 0.313 e. The lowest BCUT2D eigenvalue weighted by molar-refractivity contribution is -0.385. The predicted molar refractivity (Wildman–Crippen MR) is 126 cm³/mol. The molecule has 9 heteroatoms. The summed E-state index contributed by atoms with van der Waals surface area (Å²) in [6.07, 6.45) is 0. The topological polar surface area (TPSA) is 85.2 Å². The fraction of sp³-hybridized carbons (Fsp3) is 0.208. The molecule has 0 N–H and O–H groups in total. The second-order valence-electron chi connectivity index (χ2n) is 7.45. The van der Waals surface area contributed by atoms with E-state index in [1.807, 2.05) is 18.2 Å². The number of methoxy groups -OCH3 is 1. The first-order valence-electron chi connectivity index (χ1n) is 10.4. The van der Waals surface area contributed by atoms with Crippen LogP contribution in [0.4, 0.5) is 11.4 Å². The quantitative estimate of drug-likeness (QED) is 0.374. The molecule has 1 amide bonds. The van der Waals surface area contributed by atoms with E-state index in [1.54, 1.807) is 23.1 Å². The molecule has 4 rings (SSSR count). The lowest BCUT2D eigenvalue weighted by Crippen LogP contribution is -2.48. The standard InChI is InChI=1S/C24H22ClN3O5/c1-32-23-15-17(7-9-22(23)33-21-10-8-18(25)16-20(21)28(30)31)24(29)27-13-11-26(12-14-27)19-5-3-2-4-6-19/h2-10,15-16H,11-14H2,1H3. The Morgan fingerprint density at radius 3 is 2.30 bits per heavy atom. The number of nitro benzene ring substituents is 1. The van der Waals surface area contributed by atoms with E-state index >= 15 is 0 Å². The van der Waals surface area contributed by atoms with Gasteiger partial charge in [0.05, 0.1) is 12.0 Å². The molecule has 0 spiro atoms. The Balaban J connectivity index is 1.48. The van der Waals surface area contributed by atoms with E-state index in [0.29, 0.717) is 24.4 Å². The van der Waals surface area contributed by atoms with Crippen LogP contribution in [0.25, 0.3) is 0 Å². The molecular weight excluding hydrogens is 446 g/mol. The number of ether oxygens (including phenoxy) is 2. The molecule has 0 saturated carbocycles. The number of para-hydroxylation sites is 1. The van der Waals surface area contributed by atoms with Crippen molar-refractivity contribution in [2.45, 2.75) is 0 Å². The molecule has 0 aliphatic carbocycles. The molecule has 3 aromatic carbocycles. The molecule has 33 heavy (non-hydrogen) atoms. The van der Waals surface area contributed by atoms with Crippen molar-refractivity contribution in [3.05, 3.63) is 87.4 Å². The molecule has 0 unspecified atom stereocenters. The minimum atomic E-state index is -0.569. The summed E-state index contributed by atoms with van der Waals surface area (Å²) in [6.45, 7) is 2.69. The highest BCUT2D eigenvalue weighted by atomic mass is 35.5. The third-order valence-electron chi connectivity index (χ3n) is 5.44. The molecule has 0 atom stereocenters. The minimum Gasteiger partial charge on any atom is -0.493 e. The largest absolute Gasteiger partial charge is 0.493 e. The molecule has 8 nitrogen and oxygen atoms in total. The van der Waals surface area contributed by atoms with Crippen LogP contribution in [-0.4, -0.2) is 49.0 Å². The van der Waals surface area contributed by atoms with Crippen molar-refractivity contribution < 1.29 is 19.2 Å². The van der Waals surface area contributed by atoms with Crippen molar-refractivity contribution in [2.24, 2.45) is 0 Å². The Hall–Kier alpha value is -3.78. The predicted octanol–water partition coefficient (Wildman–Crippen LogP) is 5.01. The van der Waals surface area contributed by atoms with Crippen molar-refractivity contribution >= 4 is 28.9 Å². The van der Waals surface area contributed by atoms with Crippen LogP contribution in [0.3, 0.4) is 0 Å². The average Bonchev–Trinajstić information content (AvgIpc) is 2.85. The monoisotopic (exact) mass is 467 g/mol. The summed E-state index contributed by atoms with van der Waals surface area (Å²) < 4.78 is 11.1. The highest BCUT2D eigenvalue weighted by Gasteiger charge is 2.24. The number of halogens is 1. The van der Waals surface area contributed by atoms with Crippen LogP contribution < -0.4 is 14.4 Å². The van der Waals surface area contributed by atoms with E-state index in [2.05, 4.69) is 17.0 Å². The molecule has 0 aromatic heterocycles. The fourth-order valence-corrected chi connectivity index (χ4v) is 3.88. The number of benzene rings is 3. The van der Waals surface area contributed by atoms with Crippen LogP contribution in [-0.2, 0) is 0 Å². The van der Waals surface area contributed by atoms with Crippen LogP contribution >= 0.6 is 11.6 Å². The van der Waals surface area contributed by atoms with Gasteiger partial charge in [-0.05, 0) is 42.5 Å². The zero-order valence-corrected chi connectivity index (χ0v) is 18.7. The van der Waals surface area contributed by atoms with Crippen LogP contribution in [0.15, 0.2) is 66.7 Å². The number of piperazine rings is 1. The zero-order chi connectivity index (χ0) is 23.4. The molecule has 170 valence electrons. The number of anilines is 1. The van der Waals surface area contributed by atoms with Crippen LogP contribution in [0.2, 0.25) is 5.02 Å². The second-order valence-corrected chi connectivity index (χ2v) is 7.89. The van der Waals surface area contributed by atoms with Gasteiger partial charge in [-0.15, -0.1) is 0 Å². The molecule has 0 bridgehead atoms. The van der Waals surface area contributed by atoms with Crippen molar-refractivity contribution in [2.75, 3.05) is 38.2 Å². The van der Waals surface area contributed by atoms with Gasteiger partial charge >= 0.3 is 5.69 Å². The molecule has 1 aliphatic rings. The van der Waals surface area contributed by atoms with Crippen LogP contribution in [0.1, 0.15) is 10.4 Å². The number of nitrogens with zero attached hydrogens (tertiary/aromatic N) is 3. The lowest BCUT2D eigenvalue weighted by atomic mass is 10.1. The summed E-state index contributed by atoms with van der Waals surface area (Å²) in [5.41, 5.74) is 1.34. The van der Waals surface area contributed by atoms with E-state index in [1.165, 1.54) is 25.3 Å². The maximum absolute atomic E-state index is 13.1. The normalized spacial score (nSPS) is 13.5. The van der Waals surface area contributed by atoms with Gasteiger partial charge in [0, 0.05) is 48.5 Å². The number of hydrogen-bond acceptors (Lipinski definition) is 6. The number of carbonyl (C=O) groups excluding carboxylic acids is 1. The first-order valence-corrected chi connectivity index (χ1v) is 10.7. The van der Waals surface area contributed by atoms with Crippen molar-refractivity contribution in [3.8, 4) is 17.2 Å². The van der Waals surface area contributed by atoms with Crippen LogP contribution in [0.5, 0.6) is 17.2 Å². The van der Waals surface area contributed by atoms with E-state index in [4.69, 9.17) is 21.1 Å². The van der Waals surface area contributed by atoms with Gasteiger partial charge in [0.1, 0.15) is 0 Å². The SMILES string of the molecule is COc1cc(C(=O)N2CCN(c3ccccc3)CC2)ccc1Oc1ccc(Cl)cc1[N+](=O)[O-]. The van der Waals surface area contributed by atoms with E-state index in [-0.39, 0.29) is 28.1 Å². The van der Waals surface area contributed by atoms with Gasteiger partial charge in [0.2, 0.25) is 5.75 Å². The summed E-state index contributed by atoms with van der Waals surface area (Å²) >= 11 is 5.87. The van der Waals surface area contributed by atoms with Crippen molar-refractivity contribution in [1.29, 1.82) is 0 Å². The highest BCUT2D eigenvalue weighted by Crippen LogP contribution is 2.38.